The van der Waals surface area contributed by atoms with Crippen LogP contribution < -0.4 is 0 Å². The van der Waals surface area contributed by atoms with E-state index in [9.17, 15) is 4.79 Å². The van der Waals surface area contributed by atoms with Gasteiger partial charge in [-0.2, -0.15) is 0 Å². The molecular formula is C14H13ClO3. The number of rotatable bonds is 1. The normalized spacial score (nSPS) is 31.2. The van der Waals surface area contributed by atoms with Gasteiger partial charge in [0.25, 0.3) is 0 Å². The molecule has 0 bridgehead atoms. The minimum absolute atomic E-state index is 0.0788. The molecule has 1 aliphatic heterocycles. The van der Waals surface area contributed by atoms with E-state index in [1.54, 1.807) is 6.08 Å². The summed E-state index contributed by atoms with van der Waals surface area (Å²) < 4.78 is 11.6. The maximum absolute atomic E-state index is 11.5. The number of fused-ring (bicyclic) bond motifs is 1. The summed E-state index contributed by atoms with van der Waals surface area (Å²) in [5.74, 6) is 0.0788. The van der Waals surface area contributed by atoms with Crippen molar-refractivity contribution < 1.29 is 14.3 Å². The van der Waals surface area contributed by atoms with Gasteiger partial charge in [0.05, 0.1) is 13.2 Å². The van der Waals surface area contributed by atoms with Crippen LogP contribution in [0.4, 0.5) is 0 Å². The molecule has 0 N–H and O–H groups in total. The molecule has 94 valence electrons. The summed E-state index contributed by atoms with van der Waals surface area (Å²) in [6.07, 6.45) is 3.51. The molecule has 0 unspecified atom stereocenters. The Balaban J connectivity index is 2.06. The van der Waals surface area contributed by atoms with Crippen LogP contribution in [0.25, 0.3) is 0 Å². The highest BCUT2D eigenvalue weighted by Gasteiger charge is 2.45. The van der Waals surface area contributed by atoms with Gasteiger partial charge in [0.15, 0.2) is 5.78 Å². The zero-order valence-electron chi connectivity index (χ0n) is 9.77. The first-order valence-corrected chi connectivity index (χ1v) is 6.32. The van der Waals surface area contributed by atoms with Crippen LogP contribution in [-0.2, 0) is 19.9 Å². The van der Waals surface area contributed by atoms with E-state index in [4.69, 9.17) is 21.1 Å². The van der Waals surface area contributed by atoms with Crippen molar-refractivity contribution in [2.75, 3.05) is 13.2 Å². The number of allylic oxidation sites excluding steroid dienone is 1. The van der Waals surface area contributed by atoms with Crippen molar-refractivity contribution in [3.8, 4) is 0 Å². The van der Waals surface area contributed by atoms with Crippen LogP contribution in [0.15, 0.2) is 36.4 Å². The van der Waals surface area contributed by atoms with Gasteiger partial charge in [0.1, 0.15) is 11.7 Å². The summed E-state index contributed by atoms with van der Waals surface area (Å²) in [5, 5.41) is 0.680. The van der Waals surface area contributed by atoms with Crippen molar-refractivity contribution in [2.24, 2.45) is 0 Å². The summed E-state index contributed by atoms with van der Waals surface area (Å²) >= 11 is 5.90. The quantitative estimate of drug-likeness (QED) is 0.782. The molecule has 3 nitrogen and oxygen atoms in total. The first-order valence-electron chi connectivity index (χ1n) is 5.94. The largest absolute Gasteiger partial charge is 0.372 e. The third-order valence-electron chi connectivity index (χ3n) is 3.42. The zero-order valence-corrected chi connectivity index (χ0v) is 10.5. The van der Waals surface area contributed by atoms with Gasteiger partial charge in [-0.1, -0.05) is 23.7 Å². The van der Waals surface area contributed by atoms with Crippen molar-refractivity contribution in [3.05, 3.63) is 47.0 Å². The van der Waals surface area contributed by atoms with Crippen LogP contribution in [0.5, 0.6) is 0 Å². The topological polar surface area (TPSA) is 35.5 Å². The Hall–Kier alpha value is -1.16. The molecule has 1 fully saturated rings. The molecule has 0 amide bonds. The molecule has 1 aromatic rings. The fourth-order valence-corrected chi connectivity index (χ4v) is 2.65. The lowest BCUT2D eigenvalue weighted by Gasteiger charge is -2.43. The number of carbonyl (C=O) groups excluding carboxylic acids is 1. The van der Waals surface area contributed by atoms with Gasteiger partial charge in [-0.05, 0) is 29.8 Å². The van der Waals surface area contributed by atoms with Crippen molar-refractivity contribution in [2.45, 2.75) is 18.1 Å². The second-order valence-corrected chi connectivity index (χ2v) is 4.95. The van der Waals surface area contributed by atoms with Gasteiger partial charge in [-0.15, -0.1) is 0 Å². The standard InChI is InChI=1S/C14H13ClO3/c15-11-3-1-10(2-4-11)14-6-5-12(16)9-13(14)17-7-8-18-14/h1-6,13H,7-9H2/t13-,14-/m0/s1. The Labute approximate surface area is 110 Å². The van der Waals surface area contributed by atoms with E-state index in [0.29, 0.717) is 24.7 Å². The Morgan fingerprint density at radius 3 is 2.78 bits per heavy atom. The highest BCUT2D eigenvalue weighted by molar-refractivity contribution is 6.30. The van der Waals surface area contributed by atoms with Crippen molar-refractivity contribution in [3.63, 3.8) is 0 Å². The second-order valence-electron chi connectivity index (χ2n) is 4.51. The van der Waals surface area contributed by atoms with Crippen LogP contribution in [0, 0.1) is 0 Å². The summed E-state index contributed by atoms with van der Waals surface area (Å²) in [7, 11) is 0. The van der Waals surface area contributed by atoms with Crippen molar-refractivity contribution >= 4 is 17.4 Å². The first kappa shape index (κ1) is 11.9. The first-order chi connectivity index (χ1) is 8.71. The molecule has 1 aromatic carbocycles. The third kappa shape index (κ3) is 1.88. The Bertz CT molecular complexity index is 494. The number of hydrogen-bond donors (Lipinski definition) is 0. The molecule has 0 aromatic heterocycles. The molecule has 1 saturated heterocycles. The number of ether oxygens (including phenoxy) is 2. The third-order valence-corrected chi connectivity index (χ3v) is 3.67. The monoisotopic (exact) mass is 264 g/mol. The lowest BCUT2D eigenvalue weighted by atomic mass is 9.80. The molecule has 4 heteroatoms. The molecule has 1 aliphatic carbocycles. The fourth-order valence-electron chi connectivity index (χ4n) is 2.53. The summed E-state index contributed by atoms with van der Waals surface area (Å²) in [5.41, 5.74) is 0.330. The molecular weight excluding hydrogens is 252 g/mol. The molecule has 1 heterocycles. The Kier molecular flexibility index (Phi) is 2.98. The number of benzene rings is 1. The molecule has 0 saturated carbocycles. The minimum atomic E-state index is -0.642. The number of carbonyl (C=O) groups is 1. The Morgan fingerprint density at radius 2 is 2.00 bits per heavy atom. The Morgan fingerprint density at radius 1 is 1.22 bits per heavy atom. The van der Waals surface area contributed by atoms with Crippen LogP contribution in [0.2, 0.25) is 5.02 Å². The fraction of sp³-hybridized carbons (Fsp3) is 0.357. The van der Waals surface area contributed by atoms with Crippen LogP contribution in [0.1, 0.15) is 12.0 Å². The zero-order chi connectivity index (χ0) is 12.6. The average molecular weight is 265 g/mol. The van der Waals surface area contributed by atoms with E-state index >= 15 is 0 Å². The molecule has 0 spiro atoms. The molecule has 2 atom stereocenters. The van der Waals surface area contributed by atoms with Gasteiger partial charge in [0.2, 0.25) is 0 Å². The lowest BCUT2D eigenvalue weighted by molar-refractivity contribution is -0.190. The van der Waals surface area contributed by atoms with Gasteiger partial charge in [-0.3, -0.25) is 4.79 Å². The molecule has 2 aliphatic rings. The van der Waals surface area contributed by atoms with E-state index in [1.165, 1.54) is 0 Å². The highest BCUT2D eigenvalue weighted by atomic mass is 35.5. The van der Waals surface area contributed by atoms with E-state index in [2.05, 4.69) is 0 Å². The van der Waals surface area contributed by atoms with Crippen LogP contribution >= 0.6 is 11.6 Å². The summed E-state index contributed by atoms with van der Waals surface area (Å²) in [6.45, 7) is 1.05. The van der Waals surface area contributed by atoms with E-state index in [0.717, 1.165) is 5.56 Å². The van der Waals surface area contributed by atoms with Crippen molar-refractivity contribution in [1.82, 2.24) is 0 Å². The highest BCUT2D eigenvalue weighted by Crippen LogP contribution is 2.40. The second kappa shape index (κ2) is 4.50. The SMILES string of the molecule is O=C1C=C[C@@]2(c3ccc(Cl)cc3)OCCO[C@H]2C1. The van der Waals surface area contributed by atoms with Gasteiger partial charge in [-0.25, -0.2) is 0 Å². The summed E-state index contributed by atoms with van der Waals surface area (Å²) in [6, 6.07) is 7.49. The predicted octanol–water partition coefficient (Wildman–Crippen LogP) is 2.48. The smallest absolute Gasteiger partial charge is 0.158 e. The number of ketones is 1. The number of hydrogen-bond acceptors (Lipinski definition) is 3. The van der Waals surface area contributed by atoms with Gasteiger partial charge in [0, 0.05) is 11.4 Å². The van der Waals surface area contributed by atoms with E-state index in [1.807, 2.05) is 30.3 Å². The predicted molar refractivity (Wildman–Crippen MR) is 67.6 cm³/mol. The maximum Gasteiger partial charge on any atom is 0.158 e. The van der Waals surface area contributed by atoms with Gasteiger partial charge >= 0.3 is 0 Å². The van der Waals surface area contributed by atoms with E-state index < -0.39 is 5.60 Å². The molecule has 18 heavy (non-hydrogen) atoms. The minimum Gasteiger partial charge on any atom is -0.372 e. The van der Waals surface area contributed by atoms with Gasteiger partial charge < -0.3 is 9.47 Å². The molecule has 0 radical (unpaired) electrons. The maximum atomic E-state index is 11.5. The van der Waals surface area contributed by atoms with Crippen molar-refractivity contribution in [1.29, 1.82) is 0 Å². The molecule has 3 rings (SSSR count). The van der Waals surface area contributed by atoms with Crippen LogP contribution in [0.3, 0.4) is 0 Å². The average Bonchev–Trinajstić information content (AvgIpc) is 2.39. The van der Waals surface area contributed by atoms with Crippen LogP contribution in [-0.4, -0.2) is 25.1 Å². The van der Waals surface area contributed by atoms with E-state index in [-0.39, 0.29) is 11.9 Å². The number of halogens is 1. The lowest BCUT2D eigenvalue weighted by Crippen LogP contribution is -2.50. The summed E-state index contributed by atoms with van der Waals surface area (Å²) in [4.78, 5) is 11.5.